The van der Waals surface area contributed by atoms with Crippen molar-refractivity contribution < 1.29 is 23.9 Å². The van der Waals surface area contributed by atoms with E-state index in [0.717, 1.165) is 11.8 Å². The summed E-state index contributed by atoms with van der Waals surface area (Å²) >= 11 is 0. The predicted molar refractivity (Wildman–Crippen MR) is 68.2 cm³/mol. The first-order valence-corrected chi connectivity index (χ1v) is 5.79. The smallest absolute Gasteiger partial charge is 0.335 e. The second-order valence-corrected chi connectivity index (χ2v) is 4.18. The molecule has 1 N–H and O–H groups in total. The van der Waals surface area contributed by atoms with Crippen LogP contribution in [0.5, 0.6) is 5.75 Å². The molecule has 1 aliphatic heterocycles. The molecule has 0 aromatic heterocycles. The zero-order chi connectivity index (χ0) is 14.9. The van der Waals surface area contributed by atoms with E-state index >= 15 is 0 Å². The van der Waals surface area contributed by atoms with Gasteiger partial charge in [-0.2, -0.15) is 0 Å². The first-order chi connectivity index (χ1) is 9.47. The van der Waals surface area contributed by atoms with Gasteiger partial charge in [0, 0.05) is 0 Å². The molecule has 7 nitrogen and oxygen atoms in total. The molecule has 4 amide bonds. The fourth-order valence-electron chi connectivity index (χ4n) is 1.98. The minimum absolute atomic E-state index is 0.177. The van der Waals surface area contributed by atoms with E-state index < -0.39 is 29.5 Å². The Morgan fingerprint density at radius 2 is 1.90 bits per heavy atom. The quantitative estimate of drug-likeness (QED) is 0.811. The van der Waals surface area contributed by atoms with Crippen molar-refractivity contribution in [2.45, 2.75) is 6.92 Å². The normalized spacial score (nSPS) is 18.8. The van der Waals surface area contributed by atoms with Gasteiger partial charge in [0.2, 0.25) is 5.91 Å². The van der Waals surface area contributed by atoms with E-state index in [1.165, 1.54) is 13.2 Å². The number of imide groups is 2. The molecule has 1 fully saturated rings. The standard InChI is InChI=1S/C13H12N2O5/c1-7(16)10-11(17)14-13(19)15(12(10)18)8-5-3-4-6-9(8)20-2/h3-6,10H,1-2H3,(H,14,17,19)/t10-/m0/s1. The van der Waals surface area contributed by atoms with Crippen molar-refractivity contribution in [3.8, 4) is 5.75 Å². The van der Waals surface area contributed by atoms with Crippen LogP contribution in [-0.2, 0) is 14.4 Å². The van der Waals surface area contributed by atoms with Gasteiger partial charge in [0.05, 0.1) is 12.8 Å². The summed E-state index contributed by atoms with van der Waals surface area (Å²) in [6, 6.07) is 5.43. The third kappa shape index (κ3) is 2.13. The summed E-state index contributed by atoms with van der Waals surface area (Å²) in [5.41, 5.74) is 0.177. The van der Waals surface area contributed by atoms with Crippen molar-refractivity contribution in [3.05, 3.63) is 24.3 Å². The molecule has 1 saturated heterocycles. The lowest BCUT2D eigenvalue weighted by Gasteiger charge is -2.29. The number of ketones is 1. The van der Waals surface area contributed by atoms with E-state index in [4.69, 9.17) is 4.74 Å². The van der Waals surface area contributed by atoms with Gasteiger partial charge in [-0.15, -0.1) is 0 Å². The van der Waals surface area contributed by atoms with Crippen molar-refractivity contribution >= 4 is 29.3 Å². The molecule has 0 saturated carbocycles. The van der Waals surface area contributed by atoms with Crippen LogP contribution in [0, 0.1) is 5.92 Å². The number of para-hydroxylation sites is 2. The van der Waals surface area contributed by atoms with Gasteiger partial charge in [0.15, 0.2) is 11.7 Å². The lowest BCUT2D eigenvalue weighted by molar-refractivity contribution is -0.140. The zero-order valence-corrected chi connectivity index (χ0v) is 10.9. The lowest BCUT2D eigenvalue weighted by Crippen LogP contribution is -2.60. The highest BCUT2D eigenvalue weighted by molar-refractivity contribution is 6.34. The van der Waals surface area contributed by atoms with Crippen LogP contribution in [0.1, 0.15) is 6.92 Å². The molecule has 1 atom stereocenters. The minimum Gasteiger partial charge on any atom is -0.495 e. The average molecular weight is 276 g/mol. The van der Waals surface area contributed by atoms with Gasteiger partial charge >= 0.3 is 6.03 Å². The van der Waals surface area contributed by atoms with E-state index in [0.29, 0.717) is 0 Å². The van der Waals surface area contributed by atoms with Gasteiger partial charge in [-0.3, -0.25) is 19.7 Å². The number of amides is 4. The summed E-state index contributed by atoms with van der Waals surface area (Å²) < 4.78 is 5.07. The van der Waals surface area contributed by atoms with E-state index in [9.17, 15) is 19.2 Å². The molecule has 1 aromatic carbocycles. The van der Waals surface area contributed by atoms with Crippen molar-refractivity contribution in [3.63, 3.8) is 0 Å². The molecule has 20 heavy (non-hydrogen) atoms. The maximum absolute atomic E-state index is 12.2. The number of rotatable bonds is 3. The summed E-state index contributed by atoms with van der Waals surface area (Å²) in [6.07, 6.45) is 0. The second kappa shape index (κ2) is 5.12. The third-order valence-electron chi connectivity index (χ3n) is 2.90. The van der Waals surface area contributed by atoms with Crippen LogP contribution >= 0.6 is 0 Å². The number of methoxy groups -OCH3 is 1. The fourth-order valence-corrected chi connectivity index (χ4v) is 1.98. The van der Waals surface area contributed by atoms with Gasteiger partial charge in [0.25, 0.3) is 5.91 Å². The molecule has 0 aliphatic carbocycles. The molecule has 0 radical (unpaired) electrons. The number of hydrogen-bond acceptors (Lipinski definition) is 5. The van der Waals surface area contributed by atoms with Gasteiger partial charge in [0.1, 0.15) is 5.75 Å². The topological polar surface area (TPSA) is 92.8 Å². The number of nitrogens with zero attached hydrogens (tertiary/aromatic N) is 1. The van der Waals surface area contributed by atoms with Gasteiger partial charge in [-0.25, -0.2) is 9.69 Å². The molecular weight excluding hydrogens is 264 g/mol. The molecule has 7 heteroatoms. The van der Waals surface area contributed by atoms with E-state index in [1.54, 1.807) is 18.2 Å². The maximum atomic E-state index is 12.2. The number of Topliss-reactive ketones (excluding diaryl/α,β-unsaturated/α-hetero) is 1. The Labute approximate surface area is 114 Å². The Bertz CT molecular complexity index is 611. The zero-order valence-electron chi connectivity index (χ0n) is 10.9. The second-order valence-electron chi connectivity index (χ2n) is 4.18. The summed E-state index contributed by atoms with van der Waals surface area (Å²) in [7, 11) is 1.39. The van der Waals surface area contributed by atoms with E-state index in [1.807, 2.05) is 5.32 Å². The van der Waals surface area contributed by atoms with Crippen LogP contribution in [0.3, 0.4) is 0 Å². The van der Waals surface area contributed by atoms with E-state index in [2.05, 4.69) is 0 Å². The highest BCUT2D eigenvalue weighted by atomic mass is 16.5. The summed E-state index contributed by atoms with van der Waals surface area (Å²) in [5, 5.41) is 1.99. The van der Waals surface area contributed by atoms with Crippen molar-refractivity contribution in [2.75, 3.05) is 12.0 Å². The molecule has 104 valence electrons. The van der Waals surface area contributed by atoms with Crippen LogP contribution in [-0.4, -0.2) is 30.7 Å². The summed E-state index contributed by atoms with van der Waals surface area (Å²) in [6.45, 7) is 1.12. The number of carbonyl (C=O) groups excluding carboxylic acids is 4. The summed E-state index contributed by atoms with van der Waals surface area (Å²) in [4.78, 5) is 47.8. The van der Waals surface area contributed by atoms with E-state index in [-0.39, 0.29) is 11.4 Å². The SMILES string of the molecule is COc1ccccc1N1C(=O)NC(=O)[C@H](C(C)=O)C1=O. The number of ether oxygens (including phenoxy) is 1. The largest absolute Gasteiger partial charge is 0.495 e. The van der Waals surface area contributed by atoms with Gasteiger partial charge in [-0.05, 0) is 19.1 Å². The molecule has 1 aliphatic rings. The number of anilines is 1. The number of barbiturate groups is 1. The average Bonchev–Trinajstić information content (AvgIpc) is 2.38. The molecule has 0 spiro atoms. The number of hydrogen-bond donors (Lipinski definition) is 1. The van der Waals surface area contributed by atoms with Crippen LogP contribution in [0.25, 0.3) is 0 Å². The first-order valence-electron chi connectivity index (χ1n) is 5.79. The monoisotopic (exact) mass is 276 g/mol. The fraction of sp³-hybridized carbons (Fsp3) is 0.231. The predicted octanol–water partition coefficient (Wildman–Crippen LogP) is 0.483. The summed E-state index contributed by atoms with van der Waals surface area (Å²) in [5.74, 6) is -3.64. The Hall–Kier alpha value is -2.70. The highest BCUT2D eigenvalue weighted by Gasteiger charge is 2.44. The Morgan fingerprint density at radius 1 is 1.25 bits per heavy atom. The first kappa shape index (κ1) is 13.7. The molecule has 1 heterocycles. The third-order valence-corrected chi connectivity index (χ3v) is 2.90. The van der Waals surface area contributed by atoms with Crippen molar-refractivity contribution in [1.82, 2.24) is 5.32 Å². The lowest BCUT2D eigenvalue weighted by atomic mass is 10.00. The Balaban J connectivity index is 2.49. The Morgan fingerprint density at radius 3 is 2.50 bits per heavy atom. The van der Waals surface area contributed by atoms with Crippen molar-refractivity contribution in [2.24, 2.45) is 5.92 Å². The van der Waals surface area contributed by atoms with Crippen LogP contribution < -0.4 is 15.0 Å². The van der Waals surface area contributed by atoms with Crippen LogP contribution in [0.2, 0.25) is 0 Å². The highest BCUT2D eigenvalue weighted by Crippen LogP contribution is 2.30. The van der Waals surface area contributed by atoms with Gasteiger partial charge in [-0.1, -0.05) is 12.1 Å². The molecule has 2 rings (SSSR count). The van der Waals surface area contributed by atoms with Crippen LogP contribution in [0.4, 0.5) is 10.5 Å². The molecular formula is C13H12N2O5. The molecule has 0 unspecified atom stereocenters. The van der Waals surface area contributed by atoms with Crippen LogP contribution in [0.15, 0.2) is 24.3 Å². The number of benzene rings is 1. The van der Waals surface area contributed by atoms with Crippen molar-refractivity contribution in [1.29, 1.82) is 0 Å². The number of urea groups is 1. The maximum Gasteiger partial charge on any atom is 0.335 e. The molecule has 1 aromatic rings. The minimum atomic E-state index is -1.52. The number of carbonyl (C=O) groups is 4. The number of nitrogens with one attached hydrogen (secondary N) is 1. The molecule has 0 bridgehead atoms. The Kier molecular flexibility index (Phi) is 3.51. The van der Waals surface area contributed by atoms with Gasteiger partial charge < -0.3 is 4.74 Å².